The molecule has 1 atom stereocenters. The third kappa shape index (κ3) is 14.8. The highest BCUT2D eigenvalue weighted by molar-refractivity contribution is 8.03. The number of hydrogen-bond acceptors (Lipinski definition) is 8. The Balaban J connectivity index is 1.14. The van der Waals surface area contributed by atoms with Crippen molar-refractivity contribution >= 4 is 60.9 Å². The number of thioether (sulfide) groups is 1. The molecule has 0 saturated carbocycles. The largest absolute Gasteiger partial charge is 0.465 e. The van der Waals surface area contributed by atoms with Gasteiger partial charge in [0.2, 0.25) is 0 Å². The van der Waals surface area contributed by atoms with Crippen molar-refractivity contribution in [2.45, 2.75) is 135 Å². The van der Waals surface area contributed by atoms with Crippen LogP contribution in [0.5, 0.6) is 0 Å². The highest BCUT2D eigenvalue weighted by Gasteiger charge is 2.65. The van der Waals surface area contributed by atoms with Gasteiger partial charge in [-0.05, 0) is 101 Å². The van der Waals surface area contributed by atoms with Crippen LogP contribution in [0.3, 0.4) is 0 Å². The third-order valence-electron chi connectivity index (χ3n) is 18.2. The van der Waals surface area contributed by atoms with Crippen LogP contribution in [0, 0.1) is 39.4 Å². The van der Waals surface area contributed by atoms with Crippen LogP contribution in [0.25, 0.3) is 6.08 Å². The van der Waals surface area contributed by atoms with Gasteiger partial charge in [0, 0.05) is 39.7 Å². The number of ether oxygens (including phenoxy) is 1. The predicted molar refractivity (Wildman–Crippen MR) is 389 cm³/mol. The summed E-state index contributed by atoms with van der Waals surface area (Å²) in [5.74, 6) is -0.333. The van der Waals surface area contributed by atoms with Crippen molar-refractivity contribution in [2.75, 3.05) is 31.2 Å². The topological polar surface area (TPSA) is 102 Å². The van der Waals surface area contributed by atoms with Gasteiger partial charge in [-0.15, -0.1) is 0 Å². The first kappa shape index (κ1) is 70.9. The lowest BCUT2D eigenvalue weighted by Crippen LogP contribution is -2.67. The van der Waals surface area contributed by atoms with Crippen LogP contribution >= 0.6 is 11.8 Å². The lowest BCUT2D eigenvalue weighted by molar-refractivity contribution is -0.249. The maximum absolute atomic E-state index is 16.0. The molecule has 0 N–H and O–H groups in total. The van der Waals surface area contributed by atoms with Crippen LogP contribution in [-0.2, 0) is 19.2 Å². The SMILES string of the molecule is CC(C)c1cccc(C(C)C)c1SC1=C(/C=C/c2ccc(N(CCO[Si](c3ccccc3)(c3ccccc3)C(C)(C)C)CCO[Si](c3ccccc3)(c3ccccc3)C(C)(C)C)cc2)CC(C)(C)C/C1=C\C=C\C1=C(C#N)C(=C(C#N)C#N)OC1(c1ccccc1)C(F)(F)F. The maximum atomic E-state index is 16.0. The maximum Gasteiger partial charge on any atom is 0.437 e. The zero-order valence-corrected chi connectivity index (χ0v) is 59.6. The summed E-state index contributed by atoms with van der Waals surface area (Å²) in [7, 11) is -5.80. The Labute approximate surface area is 568 Å². The molecule has 7 nitrogen and oxygen atoms in total. The number of benzene rings is 7. The Morgan fingerprint density at radius 2 is 1.03 bits per heavy atom. The molecule has 0 saturated heterocycles. The summed E-state index contributed by atoms with van der Waals surface area (Å²) in [4.78, 5) is 4.54. The van der Waals surface area contributed by atoms with Crippen LogP contribution in [0.15, 0.2) is 262 Å². The summed E-state index contributed by atoms with van der Waals surface area (Å²) in [6.45, 7) is 29.1. The molecular formula is C82H87F3N4O3SSi2. The second kappa shape index (κ2) is 29.7. The van der Waals surface area contributed by atoms with Gasteiger partial charge in [0.25, 0.3) is 22.2 Å². The number of hydrogen-bond donors (Lipinski definition) is 0. The van der Waals surface area contributed by atoms with Crippen LogP contribution in [0.2, 0.25) is 10.1 Å². The van der Waals surface area contributed by atoms with E-state index in [-0.39, 0.29) is 32.9 Å². The van der Waals surface area contributed by atoms with Gasteiger partial charge in [0.15, 0.2) is 11.3 Å². The van der Waals surface area contributed by atoms with Gasteiger partial charge in [0.05, 0.1) is 13.2 Å². The van der Waals surface area contributed by atoms with Crippen molar-refractivity contribution in [3.8, 4) is 18.2 Å². The average Bonchev–Trinajstić information content (AvgIpc) is 1.62. The first-order valence-corrected chi connectivity index (χ1v) is 37.4. The average molecular weight is 1320 g/mol. The molecule has 0 fully saturated rings. The molecule has 9 rings (SSSR count). The Morgan fingerprint density at radius 1 is 0.589 bits per heavy atom. The molecule has 2 aliphatic rings. The lowest BCUT2D eigenvalue weighted by Gasteiger charge is -2.44. The number of halogens is 3. The minimum atomic E-state index is -5.13. The zero-order valence-electron chi connectivity index (χ0n) is 56.8. The molecule has 0 radical (unpaired) electrons. The van der Waals surface area contributed by atoms with E-state index in [1.807, 2.05) is 12.1 Å². The number of nitrogens with zero attached hydrogens (tertiary/aromatic N) is 4. The molecule has 0 bridgehead atoms. The van der Waals surface area contributed by atoms with E-state index in [1.54, 1.807) is 36.0 Å². The summed E-state index contributed by atoms with van der Waals surface area (Å²) in [5, 5.41) is 35.0. The van der Waals surface area contributed by atoms with Gasteiger partial charge >= 0.3 is 6.18 Å². The molecule has 488 valence electrons. The first-order valence-electron chi connectivity index (χ1n) is 32.7. The minimum absolute atomic E-state index is 0.187. The molecular weight excluding hydrogens is 1230 g/mol. The van der Waals surface area contributed by atoms with Gasteiger partial charge in [0.1, 0.15) is 23.8 Å². The van der Waals surface area contributed by atoms with Gasteiger partial charge in [-0.1, -0.05) is 307 Å². The normalized spacial score (nSPS) is 16.8. The number of nitriles is 3. The molecule has 0 amide bonds. The van der Waals surface area contributed by atoms with E-state index in [1.165, 1.54) is 62.2 Å². The molecule has 0 spiro atoms. The van der Waals surface area contributed by atoms with Crippen molar-refractivity contribution in [3.63, 3.8) is 0 Å². The molecule has 1 unspecified atom stereocenters. The highest BCUT2D eigenvalue weighted by Crippen LogP contribution is 2.57. The second-order valence-electron chi connectivity index (χ2n) is 28.0. The fraction of sp³-hybridized carbons (Fsp3) is 0.305. The quantitative estimate of drug-likeness (QED) is 0.0488. The Kier molecular flexibility index (Phi) is 22.1. The van der Waals surface area contributed by atoms with Crippen molar-refractivity contribution < 1.29 is 26.8 Å². The van der Waals surface area contributed by atoms with Crippen molar-refractivity contribution in [3.05, 3.63) is 279 Å². The molecule has 7 aromatic rings. The molecule has 1 aliphatic carbocycles. The summed E-state index contributed by atoms with van der Waals surface area (Å²) in [6, 6.07) is 70.5. The van der Waals surface area contributed by atoms with Crippen LogP contribution in [0.1, 0.15) is 130 Å². The molecule has 13 heteroatoms. The summed E-state index contributed by atoms with van der Waals surface area (Å²) in [5.41, 5.74) is 0.802. The standard InChI is InChI=1S/C82H87F3N4O3SSi2/c1-59(2)71-41-29-42-72(60(3)4)77(71)93-76-62(30-28-43-74-73(58-88)75(64(56-86)57-87)92-81(74,82(83,84)85)65-31-18-13-19-32-65)54-80(11,12)55-63(76)47-44-61-45-48-66(49-46-61)89(50-52-90-94(78(5,6)7,67-33-20-14-21-34-67)68-35-22-15-23-36-68)51-53-91-95(79(8,9)10,69-37-24-16-25-38-69)70-39-26-17-27-40-70/h13-49,59-60H,50-55H2,1-12H3/b43-28+,47-44+,62-30+. The highest BCUT2D eigenvalue weighted by atomic mass is 32.2. The summed E-state index contributed by atoms with van der Waals surface area (Å²) >= 11 is 1.70. The van der Waals surface area contributed by atoms with Gasteiger partial charge in [-0.2, -0.15) is 29.0 Å². The fourth-order valence-electron chi connectivity index (χ4n) is 13.8. The van der Waals surface area contributed by atoms with Crippen LogP contribution in [-0.4, -0.2) is 49.1 Å². The Morgan fingerprint density at radius 3 is 1.43 bits per heavy atom. The molecule has 1 aliphatic heterocycles. The van der Waals surface area contributed by atoms with E-state index >= 15 is 13.2 Å². The lowest BCUT2D eigenvalue weighted by atomic mass is 9.74. The summed E-state index contributed by atoms with van der Waals surface area (Å²) in [6.07, 6.45) is 5.19. The molecule has 1 heterocycles. The van der Waals surface area contributed by atoms with Crippen LogP contribution < -0.4 is 25.6 Å². The number of allylic oxidation sites excluding steroid dienone is 7. The van der Waals surface area contributed by atoms with E-state index in [2.05, 4.69) is 264 Å². The first-order chi connectivity index (χ1) is 45.3. The van der Waals surface area contributed by atoms with Crippen molar-refractivity contribution in [1.82, 2.24) is 0 Å². The van der Waals surface area contributed by atoms with E-state index in [9.17, 15) is 15.8 Å². The Hall–Kier alpha value is -8.46. The number of rotatable bonds is 22. The zero-order chi connectivity index (χ0) is 68.4. The van der Waals surface area contributed by atoms with Gasteiger partial charge in [-0.3, -0.25) is 0 Å². The van der Waals surface area contributed by atoms with Crippen molar-refractivity contribution in [1.29, 1.82) is 15.8 Å². The van der Waals surface area contributed by atoms with E-state index in [0.29, 0.717) is 39.1 Å². The molecule has 0 aromatic heterocycles. The number of anilines is 1. The van der Waals surface area contributed by atoms with Crippen LogP contribution in [0.4, 0.5) is 18.9 Å². The van der Waals surface area contributed by atoms with Gasteiger partial charge < -0.3 is 18.5 Å². The van der Waals surface area contributed by atoms with E-state index in [4.69, 9.17) is 13.6 Å². The molecule has 7 aromatic carbocycles. The number of alkyl halides is 3. The van der Waals surface area contributed by atoms with E-state index in [0.717, 1.165) is 32.2 Å². The summed E-state index contributed by atoms with van der Waals surface area (Å²) < 4.78 is 68.8. The Bertz CT molecular complexity index is 3920. The minimum Gasteiger partial charge on any atom is -0.465 e. The monoisotopic (exact) mass is 1320 g/mol. The van der Waals surface area contributed by atoms with Gasteiger partial charge in [-0.25, -0.2) is 0 Å². The second-order valence-corrected chi connectivity index (χ2v) is 37.6. The smallest absolute Gasteiger partial charge is 0.437 e. The molecule has 95 heavy (non-hydrogen) atoms. The third-order valence-corrected chi connectivity index (χ3v) is 29.7. The van der Waals surface area contributed by atoms with Crippen molar-refractivity contribution in [2.24, 2.45) is 5.41 Å². The fourth-order valence-corrected chi connectivity index (χ4v) is 24.5. The predicted octanol–water partition coefficient (Wildman–Crippen LogP) is 18.9. The van der Waals surface area contributed by atoms with E-state index < -0.39 is 50.9 Å².